The monoisotopic (exact) mass is 345 g/mol. The Morgan fingerprint density at radius 1 is 1.21 bits per heavy atom. The number of rotatable bonds is 3. The van der Waals surface area contributed by atoms with Gasteiger partial charge in [0.2, 0.25) is 5.88 Å². The number of nitrogens with one attached hydrogen (secondary N) is 2. The van der Waals surface area contributed by atoms with Crippen molar-refractivity contribution in [3.8, 4) is 5.88 Å². The van der Waals surface area contributed by atoms with E-state index in [4.69, 9.17) is 12.2 Å². The molecule has 6 heteroatoms. The third kappa shape index (κ3) is 3.44. The van der Waals surface area contributed by atoms with Gasteiger partial charge in [0.1, 0.15) is 0 Å². The summed E-state index contributed by atoms with van der Waals surface area (Å²) in [6.07, 6.45) is 2.17. The number of hydrogen-bond acceptors (Lipinski definition) is 4. The Morgan fingerprint density at radius 3 is 2.42 bits per heavy atom. The van der Waals surface area contributed by atoms with Crippen molar-refractivity contribution in [1.82, 2.24) is 14.9 Å². The molecule has 24 heavy (non-hydrogen) atoms. The van der Waals surface area contributed by atoms with Gasteiger partial charge in [-0.05, 0) is 56.6 Å². The van der Waals surface area contributed by atoms with Crippen molar-refractivity contribution in [3.63, 3.8) is 0 Å². The standard InChI is InChI=1S/C18H23N3O2S/c1-11-3-5-13(6-4-11)15(21-9-7-12(2)8-10-21)14-16(22)19-18(24)20-17(14)23/h3-6,12,15H,7-10H2,1-2H3,(H3,19,20,22,23,24)/t15-/m0/s1. The molecule has 2 heterocycles. The molecule has 0 saturated carbocycles. The third-order valence-corrected chi connectivity index (χ3v) is 5.01. The maximum absolute atomic E-state index is 12.5. The van der Waals surface area contributed by atoms with E-state index in [2.05, 4.69) is 21.8 Å². The molecule has 0 aliphatic carbocycles. The molecule has 1 aromatic carbocycles. The highest BCUT2D eigenvalue weighted by Crippen LogP contribution is 2.33. The molecule has 1 fully saturated rings. The first-order valence-electron chi connectivity index (χ1n) is 8.32. The fraction of sp³-hybridized carbons (Fsp3) is 0.444. The number of nitrogens with zero attached hydrogens (tertiary/aromatic N) is 1. The molecule has 3 rings (SSSR count). The quantitative estimate of drug-likeness (QED) is 0.747. The summed E-state index contributed by atoms with van der Waals surface area (Å²) in [7, 11) is 0. The molecule has 1 aliphatic rings. The van der Waals surface area contributed by atoms with Crippen LogP contribution in [0.2, 0.25) is 0 Å². The van der Waals surface area contributed by atoms with E-state index < -0.39 is 0 Å². The van der Waals surface area contributed by atoms with E-state index >= 15 is 0 Å². The summed E-state index contributed by atoms with van der Waals surface area (Å²) in [4.78, 5) is 20.1. The minimum absolute atomic E-state index is 0.135. The van der Waals surface area contributed by atoms with Crippen LogP contribution >= 0.6 is 12.2 Å². The summed E-state index contributed by atoms with van der Waals surface area (Å²) in [6, 6.07) is 7.84. The zero-order valence-corrected chi connectivity index (χ0v) is 14.8. The second-order valence-corrected chi connectivity index (χ2v) is 7.11. The first kappa shape index (κ1) is 16.9. The molecule has 128 valence electrons. The van der Waals surface area contributed by atoms with Gasteiger partial charge in [-0.1, -0.05) is 36.8 Å². The fourth-order valence-corrected chi connectivity index (χ4v) is 3.52. The van der Waals surface area contributed by atoms with Crippen LogP contribution in [0.3, 0.4) is 0 Å². The van der Waals surface area contributed by atoms with E-state index in [0.717, 1.165) is 37.1 Å². The van der Waals surface area contributed by atoms with Crippen LogP contribution in [0.5, 0.6) is 5.88 Å². The van der Waals surface area contributed by atoms with E-state index in [0.29, 0.717) is 11.5 Å². The zero-order chi connectivity index (χ0) is 17.3. The molecular weight excluding hydrogens is 322 g/mol. The lowest BCUT2D eigenvalue weighted by atomic mass is 9.92. The Labute approximate surface area is 146 Å². The molecule has 0 spiro atoms. The summed E-state index contributed by atoms with van der Waals surface area (Å²) >= 11 is 4.95. The van der Waals surface area contributed by atoms with Crippen LogP contribution in [-0.4, -0.2) is 33.1 Å². The number of benzene rings is 1. The van der Waals surface area contributed by atoms with Gasteiger partial charge in [-0.15, -0.1) is 0 Å². The fourth-order valence-electron chi connectivity index (χ4n) is 3.33. The van der Waals surface area contributed by atoms with Crippen LogP contribution < -0.4 is 5.56 Å². The number of aromatic hydroxyl groups is 1. The summed E-state index contributed by atoms with van der Waals surface area (Å²) in [6.45, 7) is 6.08. The number of hydrogen-bond donors (Lipinski definition) is 3. The first-order valence-corrected chi connectivity index (χ1v) is 8.72. The highest BCUT2D eigenvalue weighted by atomic mass is 32.1. The second kappa shape index (κ2) is 6.91. The highest BCUT2D eigenvalue weighted by Gasteiger charge is 2.30. The SMILES string of the molecule is Cc1ccc([C@@H](c2c(O)[nH]c(=S)[nH]c2=O)N2CCC(C)CC2)cc1. The van der Waals surface area contributed by atoms with Gasteiger partial charge in [-0.3, -0.25) is 14.7 Å². The van der Waals surface area contributed by atoms with Crippen molar-refractivity contribution in [2.75, 3.05) is 13.1 Å². The van der Waals surface area contributed by atoms with Crippen molar-refractivity contribution < 1.29 is 5.11 Å². The minimum atomic E-state index is -0.333. The van der Waals surface area contributed by atoms with E-state index in [9.17, 15) is 9.90 Å². The molecule has 3 N–H and O–H groups in total. The van der Waals surface area contributed by atoms with Gasteiger partial charge >= 0.3 is 0 Å². The Hall–Kier alpha value is -1.92. The van der Waals surface area contributed by atoms with Crippen LogP contribution in [0.1, 0.15) is 42.5 Å². The summed E-state index contributed by atoms with van der Waals surface area (Å²) < 4.78 is 0.135. The van der Waals surface area contributed by atoms with Crippen LogP contribution in [0.25, 0.3) is 0 Å². The molecule has 0 radical (unpaired) electrons. The summed E-state index contributed by atoms with van der Waals surface area (Å²) in [5.41, 5.74) is 2.17. The molecule has 0 unspecified atom stereocenters. The number of aryl methyl sites for hydroxylation is 1. The van der Waals surface area contributed by atoms with Crippen molar-refractivity contribution >= 4 is 12.2 Å². The van der Waals surface area contributed by atoms with Gasteiger partial charge in [0.25, 0.3) is 5.56 Å². The lowest BCUT2D eigenvalue weighted by Crippen LogP contribution is -2.39. The highest BCUT2D eigenvalue weighted by molar-refractivity contribution is 7.71. The van der Waals surface area contributed by atoms with Gasteiger partial charge < -0.3 is 10.1 Å². The molecule has 0 bridgehead atoms. The first-order chi connectivity index (χ1) is 11.5. The summed E-state index contributed by atoms with van der Waals surface area (Å²) in [5, 5.41) is 10.4. The topological polar surface area (TPSA) is 72.1 Å². The van der Waals surface area contributed by atoms with Crippen molar-refractivity contribution in [2.45, 2.75) is 32.7 Å². The number of likely N-dealkylation sites (tertiary alicyclic amines) is 1. The molecule has 1 aliphatic heterocycles. The number of aromatic nitrogens is 2. The third-order valence-electron chi connectivity index (χ3n) is 4.81. The zero-order valence-electron chi connectivity index (χ0n) is 14.0. The van der Waals surface area contributed by atoms with Crippen LogP contribution in [0.15, 0.2) is 29.1 Å². The largest absolute Gasteiger partial charge is 0.494 e. The Kier molecular flexibility index (Phi) is 4.87. The molecule has 2 aromatic rings. The molecule has 5 nitrogen and oxygen atoms in total. The van der Waals surface area contributed by atoms with Crippen molar-refractivity contribution in [3.05, 3.63) is 56.1 Å². The van der Waals surface area contributed by atoms with Crippen LogP contribution in [0.4, 0.5) is 0 Å². The molecule has 1 aromatic heterocycles. The Morgan fingerprint density at radius 2 is 1.83 bits per heavy atom. The lowest BCUT2D eigenvalue weighted by molar-refractivity contribution is 0.154. The van der Waals surface area contributed by atoms with Gasteiger partial charge in [-0.2, -0.15) is 0 Å². The predicted molar refractivity (Wildman–Crippen MR) is 96.9 cm³/mol. The Bertz CT molecular complexity index is 817. The van der Waals surface area contributed by atoms with E-state index in [-0.39, 0.29) is 22.3 Å². The lowest BCUT2D eigenvalue weighted by Gasteiger charge is -2.36. The summed E-state index contributed by atoms with van der Waals surface area (Å²) in [5.74, 6) is 0.543. The smallest absolute Gasteiger partial charge is 0.260 e. The van der Waals surface area contributed by atoms with E-state index in [1.807, 2.05) is 31.2 Å². The average molecular weight is 345 g/mol. The maximum Gasteiger partial charge on any atom is 0.260 e. The Balaban J connectivity index is 2.10. The van der Waals surface area contributed by atoms with Gasteiger partial charge in [0.05, 0.1) is 11.6 Å². The van der Waals surface area contributed by atoms with Crippen molar-refractivity contribution in [1.29, 1.82) is 0 Å². The normalized spacial score (nSPS) is 17.8. The van der Waals surface area contributed by atoms with Gasteiger partial charge in [0.15, 0.2) is 4.77 Å². The van der Waals surface area contributed by atoms with Crippen molar-refractivity contribution in [2.24, 2.45) is 5.92 Å². The van der Waals surface area contributed by atoms with E-state index in [1.54, 1.807) is 0 Å². The number of H-pyrrole nitrogens is 2. The second-order valence-electron chi connectivity index (χ2n) is 6.70. The predicted octanol–water partition coefficient (Wildman–Crippen LogP) is 3.27. The molecular formula is C18H23N3O2S. The van der Waals surface area contributed by atoms with Gasteiger partial charge in [0, 0.05) is 0 Å². The van der Waals surface area contributed by atoms with Gasteiger partial charge in [-0.25, -0.2) is 0 Å². The number of aromatic amines is 2. The molecule has 1 atom stereocenters. The van der Waals surface area contributed by atoms with Crippen LogP contribution in [-0.2, 0) is 0 Å². The molecule has 0 amide bonds. The van der Waals surface area contributed by atoms with Crippen LogP contribution in [0, 0.1) is 17.6 Å². The maximum atomic E-state index is 12.5. The van der Waals surface area contributed by atoms with E-state index in [1.165, 1.54) is 0 Å². The average Bonchev–Trinajstić information content (AvgIpc) is 2.53. The molecule has 1 saturated heterocycles. The number of piperidine rings is 1. The minimum Gasteiger partial charge on any atom is -0.494 e.